The van der Waals surface area contributed by atoms with Crippen LogP contribution in [0.4, 0.5) is 0 Å². The van der Waals surface area contributed by atoms with Crippen LogP contribution >= 0.6 is 0 Å². The SMILES string of the molecule is C=CCn1cc(CNC2CN3CCC2CC3)c(C)n1. The van der Waals surface area contributed by atoms with E-state index in [4.69, 9.17) is 0 Å². The molecule has 3 aliphatic rings. The van der Waals surface area contributed by atoms with Gasteiger partial charge in [0.05, 0.1) is 12.2 Å². The van der Waals surface area contributed by atoms with E-state index in [0.29, 0.717) is 6.04 Å². The van der Waals surface area contributed by atoms with Crippen molar-refractivity contribution in [3.05, 3.63) is 30.1 Å². The van der Waals surface area contributed by atoms with Crippen LogP contribution in [0.5, 0.6) is 0 Å². The second-order valence-corrected chi connectivity index (χ2v) is 5.88. The second-order valence-electron chi connectivity index (χ2n) is 5.88. The van der Waals surface area contributed by atoms with Crippen LogP contribution in [0, 0.1) is 12.8 Å². The number of nitrogens with one attached hydrogen (secondary N) is 1. The Bertz CT molecular complexity index is 443. The molecule has 1 aromatic rings. The van der Waals surface area contributed by atoms with E-state index >= 15 is 0 Å². The molecule has 3 fully saturated rings. The number of aryl methyl sites for hydroxylation is 1. The van der Waals surface area contributed by atoms with Gasteiger partial charge in [-0.15, -0.1) is 6.58 Å². The fourth-order valence-electron chi connectivity index (χ4n) is 3.40. The molecule has 104 valence electrons. The minimum Gasteiger partial charge on any atom is -0.308 e. The molecule has 1 N–H and O–H groups in total. The van der Waals surface area contributed by atoms with Crippen molar-refractivity contribution in [1.29, 1.82) is 0 Å². The summed E-state index contributed by atoms with van der Waals surface area (Å²) >= 11 is 0. The van der Waals surface area contributed by atoms with E-state index < -0.39 is 0 Å². The number of nitrogens with zero attached hydrogens (tertiary/aromatic N) is 3. The van der Waals surface area contributed by atoms with E-state index in [-0.39, 0.29) is 0 Å². The summed E-state index contributed by atoms with van der Waals surface area (Å²) in [7, 11) is 0. The predicted molar refractivity (Wildman–Crippen MR) is 77.0 cm³/mol. The van der Waals surface area contributed by atoms with Crippen LogP contribution in [0.1, 0.15) is 24.1 Å². The molecular formula is C15H24N4. The molecule has 1 unspecified atom stereocenters. The van der Waals surface area contributed by atoms with Gasteiger partial charge in [-0.05, 0) is 38.8 Å². The zero-order chi connectivity index (χ0) is 13.2. The van der Waals surface area contributed by atoms with E-state index in [2.05, 4.69) is 35.0 Å². The van der Waals surface area contributed by atoms with Crippen molar-refractivity contribution in [2.45, 2.75) is 38.9 Å². The van der Waals surface area contributed by atoms with Crippen LogP contribution < -0.4 is 5.32 Å². The molecule has 0 saturated carbocycles. The highest BCUT2D eigenvalue weighted by molar-refractivity contribution is 5.15. The Kier molecular flexibility index (Phi) is 3.71. The fraction of sp³-hybridized carbons (Fsp3) is 0.667. The molecule has 4 heterocycles. The molecule has 3 saturated heterocycles. The summed E-state index contributed by atoms with van der Waals surface area (Å²) in [6.45, 7) is 11.4. The molecule has 0 spiro atoms. The average Bonchev–Trinajstić information content (AvgIpc) is 2.78. The summed E-state index contributed by atoms with van der Waals surface area (Å²) in [4.78, 5) is 2.59. The van der Waals surface area contributed by atoms with Gasteiger partial charge in [-0.2, -0.15) is 5.10 Å². The van der Waals surface area contributed by atoms with E-state index in [9.17, 15) is 0 Å². The molecule has 4 heteroatoms. The summed E-state index contributed by atoms with van der Waals surface area (Å²) < 4.78 is 1.97. The molecule has 3 aliphatic heterocycles. The Morgan fingerprint density at radius 1 is 1.47 bits per heavy atom. The Morgan fingerprint density at radius 3 is 2.89 bits per heavy atom. The van der Waals surface area contributed by atoms with E-state index in [1.54, 1.807) is 0 Å². The van der Waals surface area contributed by atoms with Gasteiger partial charge in [0.25, 0.3) is 0 Å². The lowest BCUT2D eigenvalue weighted by molar-refractivity contribution is 0.0720. The molecule has 0 amide bonds. The number of aromatic nitrogens is 2. The zero-order valence-corrected chi connectivity index (χ0v) is 11.8. The third-order valence-corrected chi connectivity index (χ3v) is 4.58. The molecule has 1 aromatic heterocycles. The normalized spacial score (nSPS) is 29.6. The van der Waals surface area contributed by atoms with Crippen molar-refractivity contribution in [3.8, 4) is 0 Å². The molecule has 2 bridgehead atoms. The van der Waals surface area contributed by atoms with Crippen molar-refractivity contribution in [3.63, 3.8) is 0 Å². The Balaban J connectivity index is 1.58. The van der Waals surface area contributed by atoms with Gasteiger partial charge in [-0.1, -0.05) is 6.08 Å². The summed E-state index contributed by atoms with van der Waals surface area (Å²) in [5.74, 6) is 0.883. The maximum Gasteiger partial charge on any atom is 0.0638 e. The van der Waals surface area contributed by atoms with Crippen LogP contribution in [0.25, 0.3) is 0 Å². The third-order valence-electron chi connectivity index (χ3n) is 4.58. The number of rotatable bonds is 5. The highest BCUT2D eigenvalue weighted by Crippen LogP contribution is 2.27. The standard InChI is InChI=1S/C15H24N4/c1-3-6-19-10-14(12(2)17-19)9-16-15-11-18-7-4-13(15)5-8-18/h3,10,13,15-16H,1,4-9,11H2,2H3. The topological polar surface area (TPSA) is 33.1 Å². The minimum atomic E-state index is 0.671. The van der Waals surface area contributed by atoms with Crippen LogP contribution in [0.2, 0.25) is 0 Å². The lowest BCUT2D eigenvalue weighted by Gasteiger charge is -2.45. The van der Waals surface area contributed by atoms with Crippen LogP contribution in [-0.4, -0.2) is 40.4 Å². The predicted octanol–water partition coefficient (Wildman–Crippen LogP) is 1.56. The summed E-state index contributed by atoms with van der Waals surface area (Å²) in [5, 5.41) is 8.25. The maximum absolute atomic E-state index is 4.51. The van der Waals surface area contributed by atoms with Crippen molar-refractivity contribution < 1.29 is 0 Å². The fourth-order valence-corrected chi connectivity index (χ4v) is 3.40. The van der Waals surface area contributed by atoms with Gasteiger partial charge in [0.15, 0.2) is 0 Å². The van der Waals surface area contributed by atoms with Crippen LogP contribution in [-0.2, 0) is 13.1 Å². The van der Waals surface area contributed by atoms with E-state index in [1.165, 1.54) is 38.0 Å². The average molecular weight is 260 g/mol. The molecule has 19 heavy (non-hydrogen) atoms. The smallest absolute Gasteiger partial charge is 0.0638 e. The number of hydrogen-bond donors (Lipinski definition) is 1. The summed E-state index contributed by atoms with van der Waals surface area (Å²) in [5.41, 5.74) is 2.45. The lowest BCUT2D eigenvalue weighted by atomic mass is 9.84. The quantitative estimate of drug-likeness (QED) is 0.816. The van der Waals surface area contributed by atoms with Gasteiger partial charge in [0.2, 0.25) is 0 Å². The van der Waals surface area contributed by atoms with Gasteiger partial charge < -0.3 is 10.2 Å². The lowest BCUT2D eigenvalue weighted by Crippen LogP contribution is -2.55. The monoisotopic (exact) mass is 260 g/mol. The van der Waals surface area contributed by atoms with Gasteiger partial charge in [0, 0.05) is 30.9 Å². The second kappa shape index (κ2) is 5.47. The molecular weight excluding hydrogens is 236 g/mol. The third kappa shape index (κ3) is 2.74. The minimum absolute atomic E-state index is 0.671. The van der Waals surface area contributed by atoms with Gasteiger partial charge in [0.1, 0.15) is 0 Å². The van der Waals surface area contributed by atoms with Crippen molar-refractivity contribution in [1.82, 2.24) is 20.0 Å². The van der Waals surface area contributed by atoms with Crippen LogP contribution in [0.15, 0.2) is 18.9 Å². The van der Waals surface area contributed by atoms with Gasteiger partial charge >= 0.3 is 0 Å². The number of allylic oxidation sites excluding steroid dienone is 1. The van der Waals surface area contributed by atoms with Crippen molar-refractivity contribution in [2.75, 3.05) is 19.6 Å². The van der Waals surface area contributed by atoms with Crippen molar-refractivity contribution >= 4 is 0 Å². The summed E-state index contributed by atoms with van der Waals surface area (Å²) in [6, 6.07) is 0.671. The maximum atomic E-state index is 4.51. The first-order chi connectivity index (χ1) is 9.26. The first kappa shape index (κ1) is 12.9. The molecule has 0 radical (unpaired) electrons. The highest BCUT2D eigenvalue weighted by atomic mass is 15.3. The Morgan fingerprint density at radius 2 is 2.26 bits per heavy atom. The van der Waals surface area contributed by atoms with Crippen LogP contribution in [0.3, 0.4) is 0 Å². The Hall–Kier alpha value is -1.13. The summed E-state index contributed by atoms with van der Waals surface area (Å²) in [6.07, 6.45) is 6.77. The number of hydrogen-bond acceptors (Lipinski definition) is 3. The molecule has 0 aromatic carbocycles. The first-order valence-electron chi connectivity index (χ1n) is 7.36. The number of fused-ring (bicyclic) bond motifs is 3. The van der Waals surface area contributed by atoms with E-state index in [1.807, 2.05) is 10.8 Å². The van der Waals surface area contributed by atoms with Gasteiger partial charge in [-0.25, -0.2) is 0 Å². The number of piperidine rings is 3. The molecule has 0 aliphatic carbocycles. The highest BCUT2D eigenvalue weighted by Gasteiger charge is 2.33. The van der Waals surface area contributed by atoms with E-state index in [0.717, 1.165) is 24.7 Å². The first-order valence-corrected chi connectivity index (χ1v) is 7.36. The molecule has 4 nitrogen and oxygen atoms in total. The van der Waals surface area contributed by atoms with Crippen molar-refractivity contribution in [2.24, 2.45) is 5.92 Å². The molecule has 1 atom stereocenters. The Labute approximate surface area is 115 Å². The molecule has 4 rings (SSSR count). The largest absolute Gasteiger partial charge is 0.308 e. The van der Waals surface area contributed by atoms with Gasteiger partial charge in [-0.3, -0.25) is 4.68 Å². The zero-order valence-electron chi connectivity index (χ0n) is 11.8.